The highest BCUT2D eigenvalue weighted by atomic mass is 79.9. The van der Waals surface area contributed by atoms with Crippen LogP contribution in [0.2, 0.25) is 0 Å². The van der Waals surface area contributed by atoms with E-state index < -0.39 is 11.4 Å². The summed E-state index contributed by atoms with van der Waals surface area (Å²) in [5, 5.41) is 12.2. The first-order chi connectivity index (χ1) is 9.52. The zero-order valence-corrected chi connectivity index (χ0v) is 13.1. The molecule has 0 aliphatic rings. The Kier molecular flexibility index (Phi) is 4.33. The van der Waals surface area contributed by atoms with E-state index in [1.165, 1.54) is 0 Å². The van der Waals surface area contributed by atoms with Crippen molar-refractivity contribution in [2.24, 2.45) is 0 Å². The monoisotopic (exact) mass is 336 g/mol. The van der Waals surface area contributed by atoms with Crippen molar-refractivity contribution in [3.63, 3.8) is 0 Å². The van der Waals surface area contributed by atoms with Gasteiger partial charge in [0.1, 0.15) is 5.75 Å². The van der Waals surface area contributed by atoms with Gasteiger partial charge < -0.3 is 9.84 Å². The number of ether oxygens (including phenoxy) is 1. The van der Waals surface area contributed by atoms with Crippen molar-refractivity contribution in [1.82, 2.24) is 0 Å². The minimum atomic E-state index is -0.905. The van der Waals surface area contributed by atoms with Crippen LogP contribution in [0.1, 0.15) is 18.9 Å². The van der Waals surface area contributed by atoms with E-state index in [2.05, 4.69) is 15.9 Å². The Morgan fingerprint density at radius 3 is 2.70 bits per heavy atom. The third-order valence-electron chi connectivity index (χ3n) is 3.75. The van der Waals surface area contributed by atoms with Crippen LogP contribution < -0.4 is 4.74 Å². The Hall–Kier alpha value is -1.55. The molecule has 3 nitrogen and oxygen atoms in total. The number of fused-ring (bicyclic) bond motifs is 1. The van der Waals surface area contributed by atoms with Crippen LogP contribution in [0.4, 0.5) is 0 Å². The largest absolute Gasteiger partial charge is 0.497 e. The number of halogens is 1. The topological polar surface area (TPSA) is 46.5 Å². The molecule has 2 rings (SSSR count). The first-order valence-corrected chi connectivity index (χ1v) is 7.51. The zero-order valence-electron chi connectivity index (χ0n) is 11.5. The van der Waals surface area contributed by atoms with Crippen molar-refractivity contribution in [2.45, 2.75) is 18.8 Å². The number of methoxy groups -OCH3 is 1. The fourth-order valence-corrected chi connectivity index (χ4v) is 3.21. The molecule has 20 heavy (non-hydrogen) atoms. The lowest BCUT2D eigenvalue weighted by Gasteiger charge is -2.26. The maximum atomic E-state index is 11.7. The molecule has 0 aromatic heterocycles. The fourth-order valence-electron chi connectivity index (χ4n) is 2.42. The van der Waals surface area contributed by atoms with Crippen molar-refractivity contribution in [1.29, 1.82) is 0 Å². The summed E-state index contributed by atoms with van der Waals surface area (Å²) in [6.45, 7) is 1.77. The number of rotatable bonds is 5. The van der Waals surface area contributed by atoms with Gasteiger partial charge in [0.05, 0.1) is 12.5 Å². The Bertz CT molecular complexity index is 639. The lowest BCUT2D eigenvalue weighted by Crippen LogP contribution is -2.33. The summed E-state index contributed by atoms with van der Waals surface area (Å²) in [6, 6.07) is 11.5. The molecule has 0 aliphatic carbocycles. The van der Waals surface area contributed by atoms with Crippen LogP contribution >= 0.6 is 15.9 Å². The number of carboxylic acid groups (broad SMARTS) is 1. The first-order valence-electron chi connectivity index (χ1n) is 6.39. The van der Waals surface area contributed by atoms with Gasteiger partial charge in [0, 0.05) is 5.33 Å². The quantitative estimate of drug-likeness (QED) is 0.840. The van der Waals surface area contributed by atoms with E-state index in [-0.39, 0.29) is 0 Å². The molecule has 1 unspecified atom stereocenters. The molecule has 106 valence electrons. The van der Waals surface area contributed by atoms with Crippen LogP contribution in [-0.4, -0.2) is 23.5 Å². The van der Waals surface area contributed by atoms with Crippen molar-refractivity contribution in [2.75, 3.05) is 12.4 Å². The molecule has 0 aliphatic heterocycles. The van der Waals surface area contributed by atoms with E-state index in [0.717, 1.165) is 22.1 Å². The maximum Gasteiger partial charge on any atom is 0.313 e. The van der Waals surface area contributed by atoms with E-state index >= 15 is 0 Å². The number of hydrogen-bond acceptors (Lipinski definition) is 2. The average molecular weight is 337 g/mol. The summed E-state index contributed by atoms with van der Waals surface area (Å²) in [7, 11) is 1.62. The normalized spacial score (nSPS) is 13.9. The van der Waals surface area contributed by atoms with Crippen LogP contribution in [0.5, 0.6) is 5.75 Å². The van der Waals surface area contributed by atoms with Crippen molar-refractivity contribution in [3.8, 4) is 5.75 Å². The van der Waals surface area contributed by atoms with Crippen LogP contribution in [0.3, 0.4) is 0 Å². The molecule has 0 heterocycles. The molecule has 2 aromatic rings. The summed E-state index contributed by atoms with van der Waals surface area (Å²) >= 11 is 3.35. The number of hydrogen-bond donors (Lipinski definition) is 1. The predicted octanol–water partition coefficient (Wildman–Crippen LogP) is 3.98. The van der Waals surface area contributed by atoms with Gasteiger partial charge in [-0.2, -0.15) is 0 Å². The molecular weight excluding hydrogens is 320 g/mol. The lowest BCUT2D eigenvalue weighted by molar-refractivity contribution is -0.143. The van der Waals surface area contributed by atoms with E-state index in [4.69, 9.17) is 4.74 Å². The summed E-state index contributed by atoms with van der Waals surface area (Å²) in [5.41, 5.74) is -0.0676. The molecule has 2 aromatic carbocycles. The molecule has 0 saturated carbocycles. The molecule has 0 saturated heterocycles. The van der Waals surface area contributed by atoms with Gasteiger partial charge >= 0.3 is 5.97 Å². The van der Waals surface area contributed by atoms with E-state index in [9.17, 15) is 9.90 Å². The Morgan fingerprint density at radius 2 is 2.10 bits per heavy atom. The number of alkyl halides is 1. The van der Waals surface area contributed by atoms with Gasteiger partial charge in [-0.3, -0.25) is 4.79 Å². The first kappa shape index (κ1) is 14.9. The molecule has 0 bridgehead atoms. The van der Waals surface area contributed by atoms with Gasteiger partial charge in [0.25, 0.3) is 0 Å². The minimum Gasteiger partial charge on any atom is -0.497 e. The van der Waals surface area contributed by atoms with E-state index in [0.29, 0.717) is 11.8 Å². The van der Waals surface area contributed by atoms with Crippen LogP contribution in [0.15, 0.2) is 36.4 Å². The van der Waals surface area contributed by atoms with Gasteiger partial charge in [-0.05, 0) is 41.8 Å². The molecule has 0 spiro atoms. The molecular formula is C16H17BrO3. The molecule has 4 heteroatoms. The maximum absolute atomic E-state index is 11.7. The number of carboxylic acids is 1. The smallest absolute Gasteiger partial charge is 0.313 e. The number of benzene rings is 2. The predicted molar refractivity (Wildman–Crippen MR) is 83.9 cm³/mol. The third-order valence-corrected chi connectivity index (χ3v) is 4.15. The number of carbonyl (C=O) groups is 1. The highest BCUT2D eigenvalue weighted by Gasteiger charge is 2.35. The third kappa shape index (κ3) is 2.52. The highest BCUT2D eigenvalue weighted by molar-refractivity contribution is 9.09. The van der Waals surface area contributed by atoms with Crippen molar-refractivity contribution in [3.05, 3.63) is 42.0 Å². The molecule has 1 atom stereocenters. The van der Waals surface area contributed by atoms with Crippen LogP contribution in [0.25, 0.3) is 10.8 Å². The van der Waals surface area contributed by atoms with Crippen LogP contribution in [0, 0.1) is 0 Å². The Labute approximate surface area is 126 Å². The van der Waals surface area contributed by atoms with Crippen molar-refractivity contribution >= 4 is 32.7 Å². The highest BCUT2D eigenvalue weighted by Crippen LogP contribution is 2.35. The summed E-state index contributed by atoms with van der Waals surface area (Å²) < 4.78 is 5.22. The zero-order chi connectivity index (χ0) is 14.8. The number of aliphatic carboxylic acids is 1. The van der Waals surface area contributed by atoms with Gasteiger partial charge in [0.2, 0.25) is 0 Å². The van der Waals surface area contributed by atoms with E-state index in [1.54, 1.807) is 14.0 Å². The van der Waals surface area contributed by atoms with Gasteiger partial charge in [-0.15, -0.1) is 0 Å². The van der Waals surface area contributed by atoms with Gasteiger partial charge in [-0.1, -0.05) is 40.2 Å². The summed E-state index contributed by atoms with van der Waals surface area (Å²) in [6.07, 6.45) is 0.535. The SMILES string of the molecule is COc1ccc2c(C(C)(CCBr)C(=O)O)cccc2c1. The Morgan fingerprint density at radius 1 is 1.35 bits per heavy atom. The fraction of sp³-hybridized carbons (Fsp3) is 0.312. The molecule has 1 N–H and O–H groups in total. The second-order valence-electron chi connectivity index (χ2n) is 4.97. The van der Waals surface area contributed by atoms with Gasteiger partial charge in [0.15, 0.2) is 0 Å². The average Bonchev–Trinajstić information content (AvgIpc) is 2.45. The molecule has 0 fully saturated rings. The van der Waals surface area contributed by atoms with Crippen molar-refractivity contribution < 1.29 is 14.6 Å². The van der Waals surface area contributed by atoms with E-state index in [1.807, 2.05) is 36.4 Å². The Balaban J connectivity index is 2.67. The standard InChI is InChI=1S/C16H17BrO3/c1-16(8-9-17,15(18)19)14-5-3-4-11-10-12(20-2)6-7-13(11)14/h3-7,10H,8-9H2,1-2H3,(H,18,19). The second kappa shape index (κ2) is 5.83. The lowest BCUT2D eigenvalue weighted by atomic mass is 9.78. The summed E-state index contributed by atoms with van der Waals surface area (Å²) in [5.74, 6) is -0.0348. The molecule has 0 amide bonds. The minimum absolute atomic E-state index is 0.535. The summed E-state index contributed by atoms with van der Waals surface area (Å²) in [4.78, 5) is 11.7. The molecule has 0 radical (unpaired) electrons. The van der Waals surface area contributed by atoms with Gasteiger partial charge in [-0.25, -0.2) is 0 Å². The van der Waals surface area contributed by atoms with Crippen LogP contribution in [-0.2, 0) is 10.2 Å². The second-order valence-corrected chi connectivity index (χ2v) is 5.76.